The Labute approximate surface area is 128 Å². The van der Waals surface area contributed by atoms with Crippen molar-refractivity contribution in [3.63, 3.8) is 0 Å². The zero-order valence-corrected chi connectivity index (χ0v) is 13.2. The minimum atomic E-state index is -0.412. The number of hydrogen-bond donors (Lipinski definition) is 1. The normalized spacial score (nSPS) is 11.4. The summed E-state index contributed by atoms with van der Waals surface area (Å²) in [5.41, 5.74) is 2.48. The first-order valence-electron chi connectivity index (χ1n) is 6.56. The molecule has 0 saturated carbocycles. The number of rotatable bonds is 2. The lowest BCUT2D eigenvalue weighted by Gasteiger charge is -2.19. The molecular formula is C15H17N3O2S. The van der Waals surface area contributed by atoms with Crippen molar-refractivity contribution in [3.05, 3.63) is 50.3 Å². The summed E-state index contributed by atoms with van der Waals surface area (Å²) in [6.07, 6.45) is 0. The van der Waals surface area contributed by atoms with Gasteiger partial charge in [-0.2, -0.15) is 0 Å². The van der Waals surface area contributed by atoms with Crippen LogP contribution < -0.4 is 0 Å². The van der Waals surface area contributed by atoms with Crippen molar-refractivity contribution in [1.82, 2.24) is 9.97 Å². The molecule has 0 spiro atoms. The number of aryl methyl sites for hydroxylation is 1. The quantitative estimate of drug-likeness (QED) is 0.509. The third-order valence-electron chi connectivity index (χ3n) is 3.24. The SMILES string of the molecule is Cc1ccc([N+](=O)[O-])cc1-c1nc(=S)cc(C(C)(C)C)[nH]1. The Balaban J connectivity index is 2.67. The van der Waals surface area contributed by atoms with Gasteiger partial charge < -0.3 is 4.98 Å². The van der Waals surface area contributed by atoms with Crippen molar-refractivity contribution < 1.29 is 4.92 Å². The highest BCUT2D eigenvalue weighted by molar-refractivity contribution is 7.71. The minimum absolute atomic E-state index is 0.0397. The molecule has 5 nitrogen and oxygen atoms in total. The summed E-state index contributed by atoms with van der Waals surface area (Å²) in [6.45, 7) is 8.09. The third-order valence-corrected chi connectivity index (χ3v) is 3.45. The molecule has 0 radical (unpaired) electrons. The van der Waals surface area contributed by atoms with Crippen LogP contribution in [0.15, 0.2) is 24.3 Å². The predicted molar refractivity (Wildman–Crippen MR) is 84.9 cm³/mol. The van der Waals surface area contributed by atoms with Gasteiger partial charge in [-0.15, -0.1) is 0 Å². The number of nitro groups is 1. The molecule has 6 heteroatoms. The number of hydrogen-bond acceptors (Lipinski definition) is 4. The Morgan fingerprint density at radius 1 is 1.29 bits per heavy atom. The number of benzene rings is 1. The highest BCUT2D eigenvalue weighted by Gasteiger charge is 2.17. The van der Waals surface area contributed by atoms with Gasteiger partial charge in [0.1, 0.15) is 10.5 Å². The summed E-state index contributed by atoms with van der Waals surface area (Å²) >= 11 is 5.22. The van der Waals surface area contributed by atoms with E-state index in [2.05, 4.69) is 30.7 Å². The van der Waals surface area contributed by atoms with E-state index >= 15 is 0 Å². The summed E-state index contributed by atoms with van der Waals surface area (Å²) in [5.74, 6) is 0.564. The van der Waals surface area contributed by atoms with Crippen LogP contribution in [0.3, 0.4) is 0 Å². The first kappa shape index (κ1) is 15.3. The lowest BCUT2D eigenvalue weighted by atomic mass is 9.92. The average Bonchev–Trinajstić information content (AvgIpc) is 2.37. The van der Waals surface area contributed by atoms with Gasteiger partial charge in [0.05, 0.1) is 4.92 Å². The number of nitro benzene ring substituents is 1. The van der Waals surface area contributed by atoms with Crippen molar-refractivity contribution in [3.8, 4) is 11.4 Å². The molecule has 2 aromatic rings. The summed E-state index contributed by atoms with van der Waals surface area (Å²) < 4.78 is 0.472. The fraction of sp³-hybridized carbons (Fsp3) is 0.333. The number of nitrogens with one attached hydrogen (secondary N) is 1. The second-order valence-corrected chi connectivity index (χ2v) is 6.41. The molecule has 0 aliphatic rings. The van der Waals surface area contributed by atoms with Crippen LogP contribution in [0.1, 0.15) is 32.0 Å². The van der Waals surface area contributed by atoms with Crippen molar-refractivity contribution in [2.24, 2.45) is 0 Å². The third kappa shape index (κ3) is 3.33. The van der Waals surface area contributed by atoms with E-state index in [1.165, 1.54) is 12.1 Å². The first-order valence-corrected chi connectivity index (χ1v) is 6.96. The van der Waals surface area contributed by atoms with Gasteiger partial charge in [-0.25, -0.2) is 4.98 Å². The minimum Gasteiger partial charge on any atom is -0.343 e. The lowest BCUT2D eigenvalue weighted by Crippen LogP contribution is -2.14. The highest BCUT2D eigenvalue weighted by atomic mass is 32.1. The van der Waals surface area contributed by atoms with Crippen LogP contribution in [0.25, 0.3) is 11.4 Å². The topological polar surface area (TPSA) is 71.8 Å². The van der Waals surface area contributed by atoms with Crippen LogP contribution in [0.2, 0.25) is 0 Å². The molecule has 0 amide bonds. The maximum Gasteiger partial charge on any atom is 0.270 e. The summed E-state index contributed by atoms with van der Waals surface area (Å²) in [4.78, 5) is 18.1. The van der Waals surface area contributed by atoms with E-state index < -0.39 is 4.92 Å². The predicted octanol–water partition coefficient (Wildman–Crippen LogP) is 4.32. The largest absolute Gasteiger partial charge is 0.343 e. The average molecular weight is 303 g/mol. The van der Waals surface area contributed by atoms with Crippen molar-refractivity contribution >= 4 is 17.9 Å². The molecule has 1 aromatic heterocycles. The van der Waals surface area contributed by atoms with Gasteiger partial charge in [0.2, 0.25) is 0 Å². The molecule has 0 bridgehead atoms. The Morgan fingerprint density at radius 2 is 1.95 bits per heavy atom. The first-order chi connectivity index (χ1) is 9.68. The number of non-ortho nitro benzene ring substituents is 1. The van der Waals surface area contributed by atoms with E-state index in [0.29, 0.717) is 16.0 Å². The summed E-state index contributed by atoms with van der Waals surface area (Å²) in [7, 11) is 0. The monoisotopic (exact) mass is 303 g/mol. The molecule has 0 aliphatic heterocycles. The summed E-state index contributed by atoms with van der Waals surface area (Å²) in [5, 5.41) is 10.9. The van der Waals surface area contributed by atoms with Crippen LogP contribution >= 0.6 is 12.2 Å². The number of aromatic nitrogens is 2. The van der Waals surface area contributed by atoms with Crippen LogP contribution in [0.4, 0.5) is 5.69 Å². The van der Waals surface area contributed by atoms with Gasteiger partial charge in [0.25, 0.3) is 5.69 Å². The van der Waals surface area contributed by atoms with Crippen molar-refractivity contribution in [1.29, 1.82) is 0 Å². The maximum absolute atomic E-state index is 10.9. The van der Waals surface area contributed by atoms with Crippen molar-refractivity contribution in [2.75, 3.05) is 0 Å². The molecule has 0 aliphatic carbocycles. The van der Waals surface area contributed by atoms with Crippen LogP contribution in [-0.2, 0) is 5.41 Å². The van der Waals surface area contributed by atoms with Crippen LogP contribution in [0, 0.1) is 21.7 Å². The fourth-order valence-electron chi connectivity index (χ4n) is 1.97. The standard InChI is InChI=1S/C15H17N3O2S/c1-9-5-6-10(18(19)20)7-11(9)14-16-12(15(2,3)4)8-13(21)17-14/h5-8H,1-4H3,(H,16,17,21). The molecule has 0 saturated heterocycles. The van der Waals surface area contributed by atoms with E-state index in [1.54, 1.807) is 6.07 Å². The van der Waals surface area contributed by atoms with E-state index in [-0.39, 0.29) is 11.1 Å². The molecule has 2 rings (SSSR count). The Bertz CT molecular complexity index is 760. The van der Waals surface area contributed by atoms with Gasteiger partial charge in [0, 0.05) is 28.8 Å². The smallest absolute Gasteiger partial charge is 0.270 e. The number of nitrogens with zero attached hydrogens (tertiary/aromatic N) is 2. The second-order valence-electron chi connectivity index (χ2n) is 5.99. The summed E-state index contributed by atoms with van der Waals surface area (Å²) in [6, 6.07) is 6.55. The fourth-order valence-corrected chi connectivity index (χ4v) is 2.18. The zero-order valence-electron chi connectivity index (χ0n) is 12.4. The molecule has 1 N–H and O–H groups in total. The van der Waals surface area contributed by atoms with Gasteiger partial charge in [-0.3, -0.25) is 10.1 Å². The van der Waals surface area contributed by atoms with Crippen molar-refractivity contribution in [2.45, 2.75) is 33.1 Å². The van der Waals surface area contributed by atoms with Crippen LogP contribution in [0.5, 0.6) is 0 Å². The second kappa shape index (κ2) is 5.37. The highest BCUT2D eigenvalue weighted by Crippen LogP contribution is 2.27. The van der Waals surface area contributed by atoms with Gasteiger partial charge in [-0.05, 0) is 18.6 Å². The van der Waals surface area contributed by atoms with E-state index in [0.717, 1.165) is 11.3 Å². The van der Waals surface area contributed by atoms with E-state index in [4.69, 9.17) is 12.2 Å². The number of aromatic amines is 1. The van der Waals surface area contributed by atoms with E-state index in [1.807, 2.05) is 13.0 Å². The lowest BCUT2D eigenvalue weighted by molar-refractivity contribution is -0.384. The molecule has 0 unspecified atom stereocenters. The molecule has 21 heavy (non-hydrogen) atoms. The maximum atomic E-state index is 10.9. The van der Waals surface area contributed by atoms with Gasteiger partial charge >= 0.3 is 0 Å². The van der Waals surface area contributed by atoms with Crippen LogP contribution in [-0.4, -0.2) is 14.9 Å². The zero-order chi connectivity index (χ0) is 15.8. The Morgan fingerprint density at radius 3 is 2.52 bits per heavy atom. The Hall–Kier alpha value is -2.08. The van der Waals surface area contributed by atoms with Gasteiger partial charge in [-0.1, -0.05) is 39.1 Å². The molecular weight excluding hydrogens is 286 g/mol. The number of H-pyrrole nitrogens is 1. The molecule has 1 heterocycles. The molecule has 1 aromatic carbocycles. The molecule has 0 atom stereocenters. The molecule has 110 valence electrons. The molecule has 0 fully saturated rings. The van der Waals surface area contributed by atoms with E-state index in [9.17, 15) is 10.1 Å². The van der Waals surface area contributed by atoms with Gasteiger partial charge in [0.15, 0.2) is 0 Å². The Kier molecular flexibility index (Phi) is 3.91.